The van der Waals surface area contributed by atoms with Gasteiger partial charge in [0.15, 0.2) is 11.5 Å². The van der Waals surface area contributed by atoms with Gasteiger partial charge in [-0.25, -0.2) is 14.4 Å². The van der Waals surface area contributed by atoms with Crippen molar-refractivity contribution in [1.82, 2.24) is 15.3 Å². The van der Waals surface area contributed by atoms with Crippen LogP contribution in [0.3, 0.4) is 0 Å². The Morgan fingerprint density at radius 3 is 2.66 bits per heavy atom. The number of nitrogens with one attached hydrogen (secondary N) is 2. The molecule has 1 saturated heterocycles. The number of hydrogen-bond donors (Lipinski definition) is 2. The van der Waals surface area contributed by atoms with Crippen LogP contribution in [0.1, 0.15) is 12.8 Å². The van der Waals surface area contributed by atoms with Crippen LogP contribution >= 0.6 is 24.0 Å². The van der Waals surface area contributed by atoms with Gasteiger partial charge in [-0.15, -0.1) is 12.4 Å². The Bertz CT molecular complexity index is 1000. The maximum Gasteiger partial charge on any atom is 0.163 e. The van der Waals surface area contributed by atoms with Crippen LogP contribution in [0.15, 0.2) is 36.7 Å². The molecule has 9 heteroatoms. The molecule has 2 aromatic carbocycles. The maximum absolute atomic E-state index is 14.2. The summed E-state index contributed by atoms with van der Waals surface area (Å²) in [6.45, 7) is 1.87. The van der Waals surface area contributed by atoms with Crippen molar-refractivity contribution in [3.8, 4) is 11.5 Å². The van der Waals surface area contributed by atoms with Crippen molar-refractivity contribution in [2.75, 3.05) is 25.5 Å². The fourth-order valence-corrected chi connectivity index (χ4v) is 3.39. The zero-order valence-corrected chi connectivity index (χ0v) is 17.3. The highest BCUT2D eigenvalue weighted by Crippen LogP contribution is 2.36. The number of fused-ring (bicyclic) bond motifs is 1. The van der Waals surface area contributed by atoms with E-state index in [1.807, 2.05) is 12.1 Å². The number of rotatable bonds is 5. The second kappa shape index (κ2) is 9.43. The van der Waals surface area contributed by atoms with E-state index in [1.54, 1.807) is 19.2 Å². The van der Waals surface area contributed by atoms with Gasteiger partial charge < -0.3 is 20.1 Å². The van der Waals surface area contributed by atoms with Crippen molar-refractivity contribution in [3.05, 3.63) is 47.5 Å². The third kappa shape index (κ3) is 4.80. The summed E-state index contributed by atoms with van der Waals surface area (Å²) in [5.41, 5.74) is 0.954. The molecule has 1 aliphatic rings. The maximum atomic E-state index is 14.2. The van der Waals surface area contributed by atoms with E-state index in [-0.39, 0.29) is 24.2 Å². The zero-order valence-electron chi connectivity index (χ0n) is 15.7. The third-order valence-corrected chi connectivity index (χ3v) is 4.92. The van der Waals surface area contributed by atoms with E-state index in [9.17, 15) is 4.39 Å². The number of piperidine rings is 1. The lowest BCUT2D eigenvalue weighted by molar-refractivity contribution is 0.157. The van der Waals surface area contributed by atoms with Crippen molar-refractivity contribution >= 4 is 46.4 Å². The monoisotopic (exact) mass is 438 g/mol. The molecule has 154 valence electrons. The molecule has 1 aromatic heterocycles. The van der Waals surface area contributed by atoms with Gasteiger partial charge in [0.25, 0.3) is 0 Å². The van der Waals surface area contributed by atoms with Crippen LogP contribution in [-0.4, -0.2) is 36.3 Å². The van der Waals surface area contributed by atoms with E-state index in [0.717, 1.165) is 25.9 Å². The highest BCUT2D eigenvalue weighted by molar-refractivity contribution is 6.30. The summed E-state index contributed by atoms with van der Waals surface area (Å²) >= 11 is 5.82. The van der Waals surface area contributed by atoms with Crippen LogP contribution in [-0.2, 0) is 0 Å². The topological polar surface area (TPSA) is 68.3 Å². The van der Waals surface area contributed by atoms with Gasteiger partial charge in [0, 0.05) is 16.5 Å². The molecular weight excluding hydrogens is 418 g/mol. The first kappa shape index (κ1) is 21.4. The molecule has 2 N–H and O–H groups in total. The zero-order chi connectivity index (χ0) is 19.5. The molecular formula is C20H21Cl2FN4O2. The number of anilines is 2. The van der Waals surface area contributed by atoms with Crippen molar-refractivity contribution in [3.63, 3.8) is 0 Å². The summed E-state index contributed by atoms with van der Waals surface area (Å²) in [4.78, 5) is 8.60. The Balaban J connectivity index is 0.00000240. The second-order valence-corrected chi connectivity index (χ2v) is 7.00. The van der Waals surface area contributed by atoms with Crippen LogP contribution in [0.2, 0.25) is 5.02 Å². The molecule has 0 bridgehead atoms. The van der Waals surface area contributed by atoms with Gasteiger partial charge in [-0.3, -0.25) is 0 Å². The average molecular weight is 439 g/mol. The van der Waals surface area contributed by atoms with Crippen molar-refractivity contribution < 1.29 is 13.9 Å². The van der Waals surface area contributed by atoms with Gasteiger partial charge in [0.2, 0.25) is 0 Å². The van der Waals surface area contributed by atoms with Crippen LogP contribution in [0.25, 0.3) is 10.9 Å². The van der Waals surface area contributed by atoms with E-state index < -0.39 is 5.82 Å². The van der Waals surface area contributed by atoms with Gasteiger partial charge >= 0.3 is 0 Å². The molecule has 4 rings (SSSR count). The molecule has 0 atom stereocenters. The Kier molecular flexibility index (Phi) is 6.95. The van der Waals surface area contributed by atoms with E-state index >= 15 is 0 Å². The lowest BCUT2D eigenvalue weighted by Gasteiger charge is -2.25. The lowest BCUT2D eigenvalue weighted by atomic mass is 10.1. The van der Waals surface area contributed by atoms with Crippen LogP contribution in [0.5, 0.6) is 11.5 Å². The number of ether oxygens (including phenoxy) is 2. The predicted molar refractivity (Wildman–Crippen MR) is 115 cm³/mol. The van der Waals surface area contributed by atoms with E-state index in [4.69, 9.17) is 21.1 Å². The quantitative estimate of drug-likeness (QED) is 0.600. The van der Waals surface area contributed by atoms with Gasteiger partial charge in [-0.05, 0) is 50.2 Å². The minimum Gasteiger partial charge on any atom is -0.493 e. The summed E-state index contributed by atoms with van der Waals surface area (Å²) in [5.74, 6) is 1.24. The van der Waals surface area contributed by atoms with E-state index in [2.05, 4.69) is 20.6 Å². The first-order valence-electron chi connectivity index (χ1n) is 9.06. The third-order valence-electron chi connectivity index (χ3n) is 4.68. The molecule has 0 amide bonds. The molecule has 0 saturated carbocycles. The Labute approximate surface area is 179 Å². The van der Waals surface area contributed by atoms with Crippen molar-refractivity contribution in [2.45, 2.75) is 18.9 Å². The van der Waals surface area contributed by atoms with E-state index in [1.165, 1.54) is 12.4 Å². The smallest absolute Gasteiger partial charge is 0.163 e. The fourth-order valence-electron chi connectivity index (χ4n) is 3.23. The SMILES string of the molecule is COc1cc2c(Nc3ccc(Cl)cc3F)ncnc2cc1OC1CCNCC1.Cl. The first-order valence-corrected chi connectivity index (χ1v) is 9.44. The predicted octanol–water partition coefficient (Wildman–Crippen LogP) is 4.73. The second-order valence-electron chi connectivity index (χ2n) is 6.56. The van der Waals surface area contributed by atoms with Crippen LogP contribution in [0.4, 0.5) is 15.9 Å². The standard InChI is InChI=1S/C20H20ClFN4O2.ClH/c1-27-18-9-14-17(10-19(18)28-13-4-6-23-7-5-13)24-11-25-20(14)26-16-3-2-12(21)8-15(16)22;/h2-3,8-11,13,23H,4-7H2,1H3,(H,24,25,26);1H. The molecule has 0 spiro atoms. The summed E-state index contributed by atoms with van der Waals surface area (Å²) in [7, 11) is 1.59. The Morgan fingerprint density at radius 2 is 1.93 bits per heavy atom. The van der Waals surface area contributed by atoms with Crippen LogP contribution in [0, 0.1) is 5.82 Å². The largest absolute Gasteiger partial charge is 0.493 e. The highest BCUT2D eigenvalue weighted by Gasteiger charge is 2.18. The summed E-state index contributed by atoms with van der Waals surface area (Å²) in [5, 5.41) is 7.35. The Morgan fingerprint density at radius 1 is 1.14 bits per heavy atom. The molecule has 1 fully saturated rings. The molecule has 0 radical (unpaired) electrons. The van der Waals surface area contributed by atoms with Crippen molar-refractivity contribution in [2.24, 2.45) is 0 Å². The van der Waals surface area contributed by atoms with Crippen LogP contribution < -0.4 is 20.1 Å². The lowest BCUT2D eigenvalue weighted by Crippen LogP contribution is -2.34. The Hall–Kier alpha value is -2.35. The minimum atomic E-state index is -0.461. The first-order chi connectivity index (χ1) is 13.6. The number of halogens is 3. The molecule has 0 aliphatic carbocycles. The van der Waals surface area contributed by atoms with Gasteiger partial charge in [-0.1, -0.05) is 11.6 Å². The highest BCUT2D eigenvalue weighted by atomic mass is 35.5. The number of methoxy groups -OCH3 is 1. The average Bonchev–Trinajstić information content (AvgIpc) is 2.70. The molecule has 3 aromatic rings. The number of nitrogens with zero attached hydrogens (tertiary/aromatic N) is 2. The molecule has 1 aliphatic heterocycles. The molecule has 29 heavy (non-hydrogen) atoms. The number of aromatic nitrogens is 2. The molecule has 0 unspecified atom stereocenters. The number of benzene rings is 2. The normalized spacial score (nSPS) is 14.3. The van der Waals surface area contributed by atoms with E-state index in [0.29, 0.717) is 33.2 Å². The molecule has 2 heterocycles. The summed E-state index contributed by atoms with van der Waals surface area (Å²) in [6.07, 6.45) is 3.44. The summed E-state index contributed by atoms with van der Waals surface area (Å²) in [6, 6.07) is 8.07. The molecule has 6 nitrogen and oxygen atoms in total. The van der Waals surface area contributed by atoms with Gasteiger partial charge in [0.1, 0.15) is 24.1 Å². The number of hydrogen-bond acceptors (Lipinski definition) is 6. The van der Waals surface area contributed by atoms with Gasteiger partial charge in [0.05, 0.1) is 18.3 Å². The fraction of sp³-hybridized carbons (Fsp3) is 0.300. The van der Waals surface area contributed by atoms with Crippen molar-refractivity contribution in [1.29, 1.82) is 0 Å². The summed E-state index contributed by atoms with van der Waals surface area (Å²) < 4.78 is 25.8. The van der Waals surface area contributed by atoms with Gasteiger partial charge in [-0.2, -0.15) is 0 Å². The minimum absolute atomic E-state index is 0.